The molecule has 1 aromatic carbocycles. The van der Waals surface area contributed by atoms with Crippen LogP contribution in [0, 0.1) is 0 Å². The largest absolute Gasteiger partial charge is 0.573 e. The number of thiophene rings is 1. The van der Waals surface area contributed by atoms with Crippen LogP contribution >= 0.6 is 22.9 Å². The molecule has 0 atom stereocenters. The Hall–Kier alpha value is -3.42. The fourth-order valence-corrected chi connectivity index (χ4v) is 6.44. The molecule has 9 nitrogen and oxygen atoms in total. The van der Waals surface area contributed by atoms with Crippen molar-refractivity contribution in [3.63, 3.8) is 0 Å². The van der Waals surface area contributed by atoms with Gasteiger partial charge in [0.25, 0.3) is 5.91 Å². The maximum Gasteiger partial charge on any atom is 0.573 e. The van der Waals surface area contributed by atoms with Gasteiger partial charge in [-0.3, -0.25) is 14.5 Å². The predicted molar refractivity (Wildman–Crippen MR) is 146 cm³/mol. The number of carbonyl (C=O) groups is 2. The van der Waals surface area contributed by atoms with Crippen molar-refractivity contribution in [3.8, 4) is 16.3 Å². The number of ether oxygens (including phenoxy) is 1. The number of carbonyl (C=O) groups excluding carboxylic acids is 2. The Morgan fingerprint density at radius 3 is 2.50 bits per heavy atom. The van der Waals surface area contributed by atoms with Gasteiger partial charge in [0.1, 0.15) is 5.69 Å². The van der Waals surface area contributed by atoms with Crippen LogP contribution in [0.3, 0.4) is 0 Å². The first-order valence-electron chi connectivity index (χ1n) is 12.4. The Morgan fingerprint density at radius 1 is 1.18 bits per heavy atom. The molecule has 0 saturated carbocycles. The Labute approximate surface area is 237 Å². The number of hydrogen-bond acceptors (Lipinski definition) is 9. The third-order valence-corrected chi connectivity index (χ3v) is 8.61. The molecule has 0 unspecified atom stereocenters. The average molecular weight is 595 g/mol. The average Bonchev–Trinajstić information content (AvgIpc) is 3.39. The molecule has 14 heteroatoms. The van der Waals surface area contributed by atoms with Crippen molar-refractivity contribution in [2.75, 3.05) is 43.4 Å². The Bertz CT molecular complexity index is 1490. The van der Waals surface area contributed by atoms with Gasteiger partial charge in [-0.05, 0) is 45.2 Å². The molecule has 2 amide bonds. The van der Waals surface area contributed by atoms with E-state index >= 15 is 0 Å². The molecule has 0 spiro atoms. The van der Waals surface area contributed by atoms with Gasteiger partial charge in [0.2, 0.25) is 11.9 Å². The summed E-state index contributed by atoms with van der Waals surface area (Å²) in [5, 5.41) is 3.05. The van der Waals surface area contributed by atoms with E-state index in [1.807, 2.05) is 7.05 Å². The molecule has 1 fully saturated rings. The first-order chi connectivity index (χ1) is 18.7. The molecular formula is C26H26ClF3N6O3S. The molecule has 0 aliphatic carbocycles. The number of alkyl halides is 3. The summed E-state index contributed by atoms with van der Waals surface area (Å²) in [6.07, 6.45) is -3.57. The fraction of sp³-hybridized carbons (Fsp3) is 0.385. The number of rotatable bonds is 5. The number of benzene rings is 1. The quantitative estimate of drug-likeness (QED) is 0.415. The number of aromatic nitrogens is 2. The number of amides is 2. The van der Waals surface area contributed by atoms with Crippen LogP contribution in [0.25, 0.3) is 10.6 Å². The molecule has 1 N–H and O–H groups in total. The zero-order valence-electron chi connectivity index (χ0n) is 22.1. The van der Waals surface area contributed by atoms with Gasteiger partial charge in [0.05, 0.1) is 32.9 Å². The highest BCUT2D eigenvalue weighted by Crippen LogP contribution is 2.47. The molecule has 0 bridgehead atoms. The van der Waals surface area contributed by atoms with Gasteiger partial charge in [-0.15, -0.1) is 24.5 Å². The summed E-state index contributed by atoms with van der Waals surface area (Å²) in [6, 6.07) is 6.04. The van der Waals surface area contributed by atoms with E-state index in [9.17, 15) is 22.8 Å². The van der Waals surface area contributed by atoms with Crippen LogP contribution < -0.4 is 15.0 Å². The monoisotopic (exact) mass is 594 g/mol. The second-order valence-electron chi connectivity index (χ2n) is 10.1. The Morgan fingerprint density at radius 2 is 1.88 bits per heavy atom. The minimum absolute atomic E-state index is 0.00791. The zero-order chi connectivity index (χ0) is 29.0. The van der Waals surface area contributed by atoms with Crippen molar-refractivity contribution in [1.82, 2.24) is 19.8 Å². The van der Waals surface area contributed by atoms with Crippen LogP contribution in [0.5, 0.6) is 5.75 Å². The summed E-state index contributed by atoms with van der Waals surface area (Å²) in [5.41, 5.74) is 0.582. The van der Waals surface area contributed by atoms with Gasteiger partial charge in [-0.25, -0.2) is 9.97 Å². The summed E-state index contributed by atoms with van der Waals surface area (Å²) in [4.78, 5) is 40.4. The lowest BCUT2D eigenvalue weighted by molar-refractivity contribution is -0.274. The first-order valence-corrected chi connectivity index (χ1v) is 13.6. The Balaban J connectivity index is 1.49. The Kier molecular flexibility index (Phi) is 7.17. The third-order valence-electron chi connectivity index (χ3n) is 6.88. The molecule has 40 heavy (non-hydrogen) atoms. The van der Waals surface area contributed by atoms with E-state index in [1.54, 1.807) is 32.0 Å². The number of likely N-dealkylation sites (N-methyl/N-ethyl adjacent to an activating group) is 1. The lowest BCUT2D eigenvalue weighted by Crippen LogP contribution is -2.44. The molecule has 1 saturated heterocycles. The normalized spacial score (nSPS) is 17.2. The van der Waals surface area contributed by atoms with E-state index in [-0.39, 0.29) is 22.6 Å². The van der Waals surface area contributed by atoms with Crippen LogP contribution in [-0.2, 0) is 10.3 Å². The van der Waals surface area contributed by atoms with Crippen LogP contribution in [0.15, 0.2) is 30.5 Å². The van der Waals surface area contributed by atoms with Crippen molar-refractivity contribution in [2.24, 2.45) is 0 Å². The highest BCUT2D eigenvalue weighted by molar-refractivity contribution is 7.16. The lowest BCUT2D eigenvalue weighted by Gasteiger charge is -2.34. The van der Waals surface area contributed by atoms with Gasteiger partial charge in [-0.2, -0.15) is 0 Å². The number of piperazine rings is 1. The molecule has 2 aliphatic rings. The number of fused-ring (bicyclic) bond motifs is 1. The van der Waals surface area contributed by atoms with Crippen LogP contribution in [0.1, 0.15) is 36.0 Å². The molecule has 2 aromatic heterocycles. The summed E-state index contributed by atoms with van der Waals surface area (Å²) >= 11 is 7.69. The van der Waals surface area contributed by atoms with E-state index < -0.39 is 23.6 Å². The van der Waals surface area contributed by atoms with Gasteiger partial charge in [-0.1, -0.05) is 11.6 Å². The molecule has 0 radical (unpaired) electrons. The SMILES string of the molecule is CC(=O)N1C(=O)c2cc(-c3nc(Nc4cc(N5CCN(C)CC5)ccc4OC(F)(F)F)ncc3Cl)sc2C1(C)C. The van der Waals surface area contributed by atoms with Gasteiger partial charge in [0, 0.05) is 43.7 Å². The second kappa shape index (κ2) is 10.2. The minimum Gasteiger partial charge on any atom is -0.404 e. The van der Waals surface area contributed by atoms with Gasteiger partial charge < -0.3 is 19.9 Å². The highest BCUT2D eigenvalue weighted by atomic mass is 35.5. The highest BCUT2D eigenvalue weighted by Gasteiger charge is 2.47. The summed E-state index contributed by atoms with van der Waals surface area (Å²) < 4.78 is 43.8. The number of halogens is 4. The minimum atomic E-state index is -4.90. The predicted octanol–water partition coefficient (Wildman–Crippen LogP) is 5.49. The molecule has 3 aromatic rings. The number of anilines is 3. The second-order valence-corrected chi connectivity index (χ2v) is 11.6. The van der Waals surface area contributed by atoms with Crippen LogP contribution in [0.4, 0.5) is 30.5 Å². The molecular weight excluding hydrogens is 569 g/mol. The van der Waals surface area contributed by atoms with E-state index in [1.165, 1.54) is 35.4 Å². The topological polar surface area (TPSA) is 90.9 Å². The molecule has 2 aliphatic heterocycles. The van der Waals surface area contributed by atoms with Crippen molar-refractivity contribution >= 4 is 52.1 Å². The summed E-state index contributed by atoms with van der Waals surface area (Å²) in [5.74, 6) is -1.21. The van der Waals surface area contributed by atoms with E-state index in [4.69, 9.17) is 11.6 Å². The summed E-state index contributed by atoms with van der Waals surface area (Å²) in [7, 11) is 2.01. The van der Waals surface area contributed by atoms with E-state index in [0.29, 0.717) is 21.0 Å². The molecule has 4 heterocycles. The number of imide groups is 1. The van der Waals surface area contributed by atoms with E-state index in [2.05, 4.69) is 29.8 Å². The maximum absolute atomic E-state index is 13.2. The van der Waals surface area contributed by atoms with Crippen molar-refractivity contribution in [2.45, 2.75) is 32.7 Å². The maximum atomic E-state index is 13.2. The first kappa shape index (κ1) is 28.1. The lowest BCUT2D eigenvalue weighted by atomic mass is 10.0. The smallest absolute Gasteiger partial charge is 0.404 e. The van der Waals surface area contributed by atoms with Gasteiger partial charge in [0.15, 0.2) is 5.75 Å². The number of hydrogen-bond donors (Lipinski definition) is 1. The van der Waals surface area contributed by atoms with Crippen LogP contribution in [0.2, 0.25) is 5.02 Å². The van der Waals surface area contributed by atoms with Crippen molar-refractivity contribution in [1.29, 1.82) is 0 Å². The molecule has 212 valence electrons. The molecule has 5 rings (SSSR count). The fourth-order valence-electron chi connectivity index (χ4n) is 4.94. The number of nitrogens with one attached hydrogen (secondary N) is 1. The van der Waals surface area contributed by atoms with Crippen LogP contribution in [-0.4, -0.2) is 71.2 Å². The van der Waals surface area contributed by atoms with Gasteiger partial charge >= 0.3 is 6.36 Å². The zero-order valence-corrected chi connectivity index (χ0v) is 23.7. The van der Waals surface area contributed by atoms with E-state index in [0.717, 1.165) is 31.9 Å². The van der Waals surface area contributed by atoms with Crippen molar-refractivity contribution < 1.29 is 27.5 Å². The van der Waals surface area contributed by atoms with Crippen molar-refractivity contribution in [3.05, 3.63) is 45.9 Å². The summed E-state index contributed by atoms with van der Waals surface area (Å²) in [6.45, 7) is 7.98. The third kappa shape index (κ3) is 5.32. The standard InChI is InChI=1S/C26H26ClF3N6O3S/c1-14(37)36-23(38)16-12-20(40-22(16)25(36,2)3)21-17(27)13-31-24(33-21)32-18-11-15(35-9-7-34(4)8-10-35)5-6-19(18)39-26(28,29)30/h5-6,11-13H,7-10H2,1-4H3,(H,31,32,33). The number of nitrogens with zero attached hydrogens (tertiary/aromatic N) is 5.